The molecule has 0 aliphatic heterocycles. The molecule has 2 aromatic carbocycles. The minimum Gasteiger partial charge on any atom is -0.484 e. The van der Waals surface area contributed by atoms with Crippen LogP contribution in [0.25, 0.3) is 0 Å². The molecular weight excluding hydrogens is 452 g/mol. The molecule has 1 amide bonds. The van der Waals surface area contributed by atoms with Crippen LogP contribution in [0.15, 0.2) is 47.4 Å². The fourth-order valence-corrected chi connectivity index (χ4v) is 3.81. The molecule has 0 atom stereocenters. The highest BCUT2D eigenvalue weighted by atomic mass is 32.2. The summed E-state index contributed by atoms with van der Waals surface area (Å²) < 4.78 is 41.7. The van der Waals surface area contributed by atoms with Gasteiger partial charge in [-0.1, -0.05) is 13.8 Å². The van der Waals surface area contributed by atoms with Crippen LogP contribution in [0.2, 0.25) is 0 Å². The first-order valence-electron chi connectivity index (χ1n) is 9.89. The third kappa shape index (κ3) is 7.58. The van der Waals surface area contributed by atoms with Gasteiger partial charge >= 0.3 is 11.9 Å². The Balaban J connectivity index is 2.04. The summed E-state index contributed by atoms with van der Waals surface area (Å²) in [4.78, 5) is 36.0. The van der Waals surface area contributed by atoms with Crippen molar-refractivity contribution in [2.24, 2.45) is 5.92 Å². The van der Waals surface area contributed by atoms with Gasteiger partial charge in [-0.3, -0.25) is 4.79 Å². The van der Waals surface area contributed by atoms with E-state index in [1.807, 2.05) is 13.8 Å². The molecule has 0 spiro atoms. The Hall–Kier alpha value is -3.44. The average Bonchev–Trinajstić information content (AvgIpc) is 2.80. The smallest absolute Gasteiger partial charge is 0.337 e. The van der Waals surface area contributed by atoms with E-state index in [2.05, 4.69) is 19.5 Å². The fourth-order valence-electron chi connectivity index (χ4n) is 2.59. The fraction of sp³-hybridized carbons (Fsp3) is 0.318. The Morgan fingerprint density at radius 2 is 1.45 bits per heavy atom. The second kappa shape index (κ2) is 11.4. The number of nitrogens with one attached hydrogen (secondary N) is 2. The molecule has 0 aliphatic carbocycles. The number of anilines is 1. The quantitative estimate of drug-likeness (QED) is 0.496. The third-order valence-electron chi connectivity index (χ3n) is 4.24. The van der Waals surface area contributed by atoms with Crippen molar-refractivity contribution >= 4 is 33.6 Å². The van der Waals surface area contributed by atoms with Crippen LogP contribution in [-0.4, -0.2) is 53.6 Å². The number of methoxy groups -OCH3 is 2. The zero-order valence-electron chi connectivity index (χ0n) is 18.7. The van der Waals surface area contributed by atoms with Crippen LogP contribution in [0.3, 0.4) is 0 Å². The number of hydrogen-bond donors (Lipinski definition) is 2. The van der Waals surface area contributed by atoms with Gasteiger partial charge in [0, 0.05) is 12.2 Å². The van der Waals surface area contributed by atoms with Gasteiger partial charge < -0.3 is 19.5 Å². The summed E-state index contributed by atoms with van der Waals surface area (Å²) in [5.74, 6) is -1.50. The van der Waals surface area contributed by atoms with Gasteiger partial charge in [-0.15, -0.1) is 0 Å². The first kappa shape index (κ1) is 25.8. The molecule has 0 saturated heterocycles. The predicted molar refractivity (Wildman–Crippen MR) is 120 cm³/mol. The molecule has 0 saturated carbocycles. The van der Waals surface area contributed by atoms with E-state index in [1.54, 1.807) is 0 Å². The zero-order valence-corrected chi connectivity index (χ0v) is 19.5. The van der Waals surface area contributed by atoms with Crippen molar-refractivity contribution in [2.75, 3.05) is 32.7 Å². The lowest BCUT2D eigenvalue weighted by atomic mass is 10.1. The van der Waals surface area contributed by atoms with Crippen LogP contribution < -0.4 is 14.8 Å². The number of benzene rings is 2. The van der Waals surface area contributed by atoms with E-state index in [-0.39, 0.29) is 33.4 Å². The van der Waals surface area contributed by atoms with Gasteiger partial charge in [0.05, 0.1) is 30.2 Å². The number of amides is 1. The Morgan fingerprint density at radius 3 is 1.94 bits per heavy atom. The molecule has 178 valence electrons. The van der Waals surface area contributed by atoms with Gasteiger partial charge in [0.2, 0.25) is 10.0 Å². The van der Waals surface area contributed by atoms with Crippen LogP contribution in [0.5, 0.6) is 5.75 Å². The molecule has 0 aromatic heterocycles. The van der Waals surface area contributed by atoms with E-state index >= 15 is 0 Å². The van der Waals surface area contributed by atoms with Gasteiger partial charge in [0.25, 0.3) is 5.91 Å². The van der Waals surface area contributed by atoms with E-state index in [4.69, 9.17) is 4.74 Å². The van der Waals surface area contributed by atoms with Crippen molar-refractivity contribution in [1.82, 2.24) is 4.72 Å². The van der Waals surface area contributed by atoms with Crippen molar-refractivity contribution in [2.45, 2.75) is 18.7 Å². The second-order valence-corrected chi connectivity index (χ2v) is 9.10. The Morgan fingerprint density at radius 1 is 0.909 bits per heavy atom. The predicted octanol–water partition coefficient (Wildman–Crippen LogP) is 2.21. The molecule has 0 radical (unpaired) electrons. The van der Waals surface area contributed by atoms with Crippen LogP contribution in [0.1, 0.15) is 34.6 Å². The van der Waals surface area contributed by atoms with Gasteiger partial charge in [-0.25, -0.2) is 22.7 Å². The summed E-state index contributed by atoms with van der Waals surface area (Å²) in [5.41, 5.74) is 0.281. The lowest BCUT2D eigenvalue weighted by molar-refractivity contribution is -0.118. The third-order valence-corrected chi connectivity index (χ3v) is 5.68. The molecule has 10 nitrogen and oxygen atoms in total. The maximum atomic E-state index is 12.3. The Labute approximate surface area is 192 Å². The number of hydrogen-bond acceptors (Lipinski definition) is 8. The summed E-state index contributed by atoms with van der Waals surface area (Å²) in [6.45, 7) is 3.71. The molecule has 0 bridgehead atoms. The normalized spacial score (nSPS) is 11.1. The lowest BCUT2D eigenvalue weighted by Crippen LogP contribution is -2.27. The van der Waals surface area contributed by atoms with Crippen molar-refractivity contribution < 1.29 is 37.0 Å². The van der Waals surface area contributed by atoms with E-state index in [1.165, 1.54) is 56.7 Å². The van der Waals surface area contributed by atoms with Crippen LogP contribution in [0, 0.1) is 5.92 Å². The maximum Gasteiger partial charge on any atom is 0.337 e. The van der Waals surface area contributed by atoms with Gasteiger partial charge in [-0.2, -0.15) is 0 Å². The average molecular weight is 479 g/mol. The number of carbonyl (C=O) groups excluding carboxylic acids is 3. The van der Waals surface area contributed by atoms with Crippen molar-refractivity contribution in [3.8, 4) is 5.75 Å². The maximum absolute atomic E-state index is 12.3. The van der Waals surface area contributed by atoms with Gasteiger partial charge in [0.15, 0.2) is 6.61 Å². The van der Waals surface area contributed by atoms with Crippen LogP contribution in [0.4, 0.5) is 5.69 Å². The summed E-state index contributed by atoms with van der Waals surface area (Å²) >= 11 is 0. The number of rotatable bonds is 10. The standard InChI is InChI=1S/C22H26N2O8S/c1-14(2)12-23-33(28,29)19-7-5-18(6-8-19)32-13-20(25)24-17-10-15(21(26)30-3)9-16(11-17)22(27)31-4/h5-11,14,23H,12-13H2,1-4H3,(H,24,25). The highest BCUT2D eigenvalue weighted by molar-refractivity contribution is 7.89. The van der Waals surface area contributed by atoms with E-state index in [0.717, 1.165) is 0 Å². The SMILES string of the molecule is COC(=O)c1cc(NC(=O)COc2ccc(S(=O)(=O)NCC(C)C)cc2)cc(C(=O)OC)c1. The number of carbonyl (C=O) groups is 3. The number of esters is 2. The lowest BCUT2D eigenvalue weighted by Gasteiger charge is -2.11. The minimum absolute atomic E-state index is 0.0551. The van der Waals surface area contributed by atoms with E-state index in [9.17, 15) is 22.8 Å². The molecule has 0 fully saturated rings. The summed E-state index contributed by atoms with van der Waals surface area (Å²) in [7, 11) is -1.25. The van der Waals surface area contributed by atoms with Crippen molar-refractivity contribution in [3.63, 3.8) is 0 Å². The molecule has 0 heterocycles. The highest BCUT2D eigenvalue weighted by Gasteiger charge is 2.16. The molecule has 2 N–H and O–H groups in total. The van der Waals surface area contributed by atoms with E-state index < -0.39 is 34.5 Å². The summed E-state index contributed by atoms with van der Waals surface area (Å²) in [6, 6.07) is 9.60. The number of sulfonamides is 1. The molecule has 0 aliphatic rings. The molecule has 11 heteroatoms. The Bertz CT molecular complexity index is 1080. The monoisotopic (exact) mass is 478 g/mol. The van der Waals surface area contributed by atoms with E-state index in [0.29, 0.717) is 6.54 Å². The topological polar surface area (TPSA) is 137 Å². The molecule has 2 rings (SSSR count). The summed E-state index contributed by atoms with van der Waals surface area (Å²) in [6.07, 6.45) is 0. The minimum atomic E-state index is -3.63. The highest BCUT2D eigenvalue weighted by Crippen LogP contribution is 2.18. The number of ether oxygens (including phenoxy) is 3. The van der Waals surface area contributed by atoms with Crippen molar-refractivity contribution in [1.29, 1.82) is 0 Å². The Kier molecular flexibility index (Phi) is 8.94. The second-order valence-electron chi connectivity index (χ2n) is 7.34. The zero-order chi connectivity index (χ0) is 24.6. The van der Waals surface area contributed by atoms with Gasteiger partial charge in [0.1, 0.15) is 5.75 Å². The molecule has 0 unspecified atom stereocenters. The molecule has 33 heavy (non-hydrogen) atoms. The first-order valence-corrected chi connectivity index (χ1v) is 11.4. The summed E-state index contributed by atoms with van der Waals surface area (Å²) in [5, 5.41) is 2.53. The van der Waals surface area contributed by atoms with Gasteiger partial charge in [-0.05, 0) is 48.4 Å². The molecule has 2 aromatic rings. The van der Waals surface area contributed by atoms with Crippen molar-refractivity contribution in [3.05, 3.63) is 53.6 Å². The first-order chi connectivity index (χ1) is 15.6. The van der Waals surface area contributed by atoms with Crippen LogP contribution in [-0.2, 0) is 24.3 Å². The van der Waals surface area contributed by atoms with Crippen LogP contribution >= 0.6 is 0 Å². The largest absolute Gasteiger partial charge is 0.484 e. The molecular formula is C22H26N2O8S.